The Kier molecular flexibility index (Phi) is 10.0. The van der Waals surface area contributed by atoms with Crippen molar-refractivity contribution in [2.75, 3.05) is 0 Å². The van der Waals surface area contributed by atoms with Crippen molar-refractivity contribution in [1.82, 2.24) is 5.32 Å². The Labute approximate surface area is 109 Å². The maximum atomic E-state index is 11.5. The summed E-state index contributed by atoms with van der Waals surface area (Å²) in [6.45, 7) is 5.65. The lowest BCUT2D eigenvalue weighted by atomic mass is 10.1. The molecule has 1 amide bonds. The van der Waals surface area contributed by atoms with Gasteiger partial charge in [0.25, 0.3) is 0 Å². The van der Waals surface area contributed by atoms with Gasteiger partial charge >= 0.3 is 5.97 Å². The molecule has 4 heteroatoms. The van der Waals surface area contributed by atoms with Crippen LogP contribution in [0, 0.1) is 0 Å². The number of carboxylic acids is 1. The largest absolute Gasteiger partial charge is 0.480 e. The van der Waals surface area contributed by atoms with E-state index >= 15 is 0 Å². The van der Waals surface area contributed by atoms with Crippen molar-refractivity contribution >= 4 is 11.9 Å². The number of carbonyl (C=O) groups is 2. The summed E-state index contributed by atoms with van der Waals surface area (Å²) in [6, 6.07) is -0.838. The molecule has 0 aromatic heterocycles. The van der Waals surface area contributed by atoms with Gasteiger partial charge in [0.1, 0.15) is 6.04 Å². The first kappa shape index (κ1) is 16.7. The van der Waals surface area contributed by atoms with E-state index < -0.39 is 12.0 Å². The molecule has 0 heterocycles. The smallest absolute Gasteiger partial charge is 0.326 e. The van der Waals surface area contributed by atoms with Gasteiger partial charge in [-0.15, -0.1) is 6.58 Å². The molecule has 0 bridgehead atoms. The Morgan fingerprint density at radius 1 is 1.22 bits per heavy atom. The highest BCUT2D eigenvalue weighted by Gasteiger charge is 2.17. The summed E-state index contributed by atoms with van der Waals surface area (Å²) in [5.74, 6) is -1.19. The highest BCUT2D eigenvalue weighted by molar-refractivity contribution is 5.83. The normalized spacial score (nSPS) is 11.8. The molecule has 2 N–H and O–H groups in total. The standard InChI is InChI=1S/C14H25NO3/c1-3-5-6-7-8-9-11-13(16)15-12(10-4-2)14(17)18/h4,12H,2-3,5-11H2,1H3,(H,15,16)(H,17,18). The zero-order valence-electron chi connectivity index (χ0n) is 11.3. The molecule has 0 aromatic carbocycles. The predicted octanol–water partition coefficient (Wildman–Crippen LogP) is 2.88. The van der Waals surface area contributed by atoms with E-state index in [0.717, 1.165) is 19.3 Å². The Balaban J connectivity index is 3.68. The van der Waals surface area contributed by atoms with Gasteiger partial charge in [0.15, 0.2) is 0 Å². The summed E-state index contributed by atoms with van der Waals surface area (Å²) in [6.07, 6.45) is 8.86. The summed E-state index contributed by atoms with van der Waals surface area (Å²) in [5, 5.41) is 11.4. The molecule has 0 fully saturated rings. The molecule has 0 aliphatic rings. The third-order valence-electron chi connectivity index (χ3n) is 2.79. The zero-order chi connectivity index (χ0) is 13.8. The Morgan fingerprint density at radius 2 is 1.83 bits per heavy atom. The van der Waals surface area contributed by atoms with Crippen LogP contribution in [-0.2, 0) is 9.59 Å². The predicted molar refractivity (Wildman–Crippen MR) is 72.4 cm³/mol. The van der Waals surface area contributed by atoms with E-state index in [9.17, 15) is 9.59 Å². The van der Waals surface area contributed by atoms with Gasteiger partial charge in [0, 0.05) is 6.42 Å². The number of nitrogens with one attached hydrogen (secondary N) is 1. The van der Waals surface area contributed by atoms with Crippen molar-refractivity contribution in [3.8, 4) is 0 Å². The fourth-order valence-electron chi connectivity index (χ4n) is 1.72. The molecule has 4 nitrogen and oxygen atoms in total. The van der Waals surface area contributed by atoms with Crippen molar-refractivity contribution in [1.29, 1.82) is 0 Å². The van der Waals surface area contributed by atoms with Crippen LogP contribution in [0.25, 0.3) is 0 Å². The lowest BCUT2D eigenvalue weighted by Crippen LogP contribution is -2.40. The molecule has 1 unspecified atom stereocenters. The third-order valence-corrected chi connectivity index (χ3v) is 2.79. The topological polar surface area (TPSA) is 66.4 Å². The van der Waals surface area contributed by atoms with Gasteiger partial charge < -0.3 is 10.4 Å². The van der Waals surface area contributed by atoms with Crippen molar-refractivity contribution < 1.29 is 14.7 Å². The number of carbonyl (C=O) groups excluding carboxylic acids is 1. The lowest BCUT2D eigenvalue weighted by molar-refractivity contribution is -0.141. The Hall–Kier alpha value is -1.32. The minimum absolute atomic E-state index is 0.181. The quantitative estimate of drug-likeness (QED) is 0.440. The fourth-order valence-corrected chi connectivity index (χ4v) is 1.72. The molecule has 0 saturated heterocycles. The molecule has 0 spiro atoms. The minimum atomic E-state index is -1.01. The summed E-state index contributed by atoms with van der Waals surface area (Å²) in [5.41, 5.74) is 0. The second kappa shape index (κ2) is 10.8. The summed E-state index contributed by atoms with van der Waals surface area (Å²) >= 11 is 0. The summed E-state index contributed by atoms with van der Waals surface area (Å²) in [4.78, 5) is 22.3. The van der Waals surface area contributed by atoms with Crippen LogP contribution < -0.4 is 5.32 Å². The van der Waals surface area contributed by atoms with Crippen LogP contribution in [0.15, 0.2) is 12.7 Å². The average molecular weight is 255 g/mol. The summed E-state index contributed by atoms with van der Waals surface area (Å²) in [7, 11) is 0. The number of carboxylic acid groups (broad SMARTS) is 1. The first-order valence-electron chi connectivity index (χ1n) is 6.74. The molecular weight excluding hydrogens is 230 g/mol. The Morgan fingerprint density at radius 3 is 2.39 bits per heavy atom. The lowest BCUT2D eigenvalue weighted by Gasteiger charge is -2.12. The number of hydrogen-bond donors (Lipinski definition) is 2. The maximum absolute atomic E-state index is 11.5. The Bertz CT molecular complexity index is 264. The number of rotatable bonds is 11. The fraction of sp³-hybridized carbons (Fsp3) is 0.714. The monoisotopic (exact) mass is 255 g/mol. The minimum Gasteiger partial charge on any atom is -0.480 e. The molecule has 104 valence electrons. The van der Waals surface area contributed by atoms with Crippen molar-refractivity contribution in [3.63, 3.8) is 0 Å². The van der Waals surface area contributed by atoms with E-state index in [0.29, 0.717) is 6.42 Å². The molecule has 1 atom stereocenters. The van der Waals surface area contributed by atoms with Crippen LogP contribution in [0.2, 0.25) is 0 Å². The maximum Gasteiger partial charge on any atom is 0.326 e. The van der Waals surface area contributed by atoms with E-state index in [1.807, 2.05) is 0 Å². The van der Waals surface area contributed by atoms with Gasteiger partial charge in [0.05, 0.1) is 0 Å². The molecule has 0 aliphatic carbocycles. The van der Waals surface area contributed by atoms with Crippen LogP contribution >= 0.6 is 0 Å². The highest BCUT2D eigenvalue weighted by atomic mass is 16.4. The first-order valence-corrected chi connectivity index (χ1v) is 6.74. The van der Waals surface area contributed by atoms with E-state index in [1.54, 1.807) is 0 Å². The molecule has 0 rings (SSSR count). The number of unbranched alkanes of at least 4 members (excludes halogenated alkanes) is 5. The average Bonchev–Trinajstić information content (AvgIpc) is 2.33. The molecule has 0 aliphatic heterocycles. The third kappa shape index (κ3) is 8.79. The van der Waals surface area contributed by atoms with Crippen molar-refractivity contribution in [3.05, 3.63) is 12.7 Å². The summed E-state index contributed by atoms with van der Waals surface area (Å²) < 4.78 is 0. The van der Waals surface area contributed by atoms with Gasteiger partial charge in [-0.1, -0.05) is 45.1 Å². The van der Waals surface area contributed by atoms with Crippen LogP contribution in [0.5, 0.6) is 0 Å². The first-order chi connectivity index (χ1) is 8.61. The van der Waals surface area contributed by atoms with E-state index in [1.165, 1.54) is 25.3 Å². The van der Waals surface area contributed by atoms with Crippen molar-refractivity contribution in [2.24, 2.45) is 0 Å². The van der Waals surface area contributed by atoms with E-state index in [4.69, 9.17) is 5.11 Å². The molecule has 0 saturated carbocycles. The highest BCUT2D eigenvalue weighted by Crippen LogP contribution is 2.07. The second-order valence-electron chi connectivity index (χ2n) is 4.50. The number of amides is 1. The van der Waals surface area contributed by atoms with Gasteiger partial charge in [-0.25, -0.2) is 4.79 Å². The molecular formula is C14H25NO3. The van der Waals surface area contributed by atoms with Gasteiger partial charge in [-0.2, -0.15) is 0 Å². The van der Waals surface area contributed by atoms with Crippen LogP contribution in [0.1, 0.15) is 58.3 Å². The SMILES string of the molecule is C=CCC(NC(=O)CCCCCCCC)C(=O)O. The van der Waals surface area contributed by atoms with Crippen LogP contribution in [0.4, 0.5) is 0 Å². The van der Waals surface area contributed by atoms with Crippen molar-refractivity contribution in [2.45, 2.75) is 64.3 Å². The van der Waals surface area contributed by atoms with Crippen LogP contribution in [-0.4, -0.2) is 23.0 Å². The zero-order valence-corrected chi connectivity index (χ0v) is 11.3. The van der Waals surface area contributed by atoms with E-state index in [-0.39, 0.29) is 12.3 Å². The molecule has 18 heavy (non-hydrogen) atoms. The number of hydrogen-bond acceptors (Lipinski definition) is 2. The second-order valence-corrected chi connectivity index (χ2v) is 4.50. The number of aliphatic carboxylic acids is 1. The van der Waals surface area contributed by atoms with Gasteiger partial charge in [-0.05, 0) is 12.8 Å². The molecule has 0 radical (unpaired) electrons. The van der Waals surface area contributed by atoms with E-state index in [2.05, 4.69) is 18.8 Å². The molecule has 0 aromatic rings. The van der Waals surface area contributed by atoms with Gasteiger partial charge in [0.2, 0.25) is 5.91 Å². The van der Waals surface area contributed by atoms with Crippen LogP contribution in [0.3, 0.4) is 0 Å². The van der Waals surface area contributed by atoms with Gasteiger partial charge in [-0.3, -0.25) is 4.79 Å².